The Morgan fingerprint density at radius 3 is 1.37 bits per heavy atom. The molecule has 0 unspecified atom stereocenters. The van der Waals surface area contributed by atoms with E-state index in [-0.39, 0.29) is 10.3 Å². The van der Waals surface area contributed by atoms with Crippen molar-refractivity contribution in [3.05, 3.63) is 36.4 Å². The van der Waals surface area contributed by atoms with Crippen molar-refractivity contribution in [2.45, 2.75) is 97.0 Å². The zero-order chi connectivity index (χ0) is 52.5. The van der Waals surface area contributed by atoms with Gasteiger partial charge >= 0.3 is 0 Å². The molecule has 3 aliphatic rings. The Balaban J connectivity index is 1.45. The first-order chi connectivity index (χ1) is 33.6. The predicted octanol–water partition coefficient (Wildman–Crippen LogP) is -8.51. The Morgan fingerprint density at radius 1 is 0.549 bits per heavy atom. The molecule has 3 fully saturated rings. The zero-order valence-corrected chi connectivity index (χ0v) is 39.6. The van der Waals surface area contributed by atoms with Crippen LogP contribution in [0.1, 0.15) is 0 Å². The summed E-state index contributed by atoms with van der Waals surface area (Å²) in [5.74, 6) is -3.15. The van der Waals surface area contributed by atoms with Crippen LogP contribution in [0.15, 0.2) is 41.3 Å². The maximum atomic E-state index is 14.9. The maximum absolute atomic E-state index is 14.9. The fourth-order valence-electron chi connectivity index (χ4n) is 8.03. The van der Waals surface area contributed by atoms with Gasteiger partial charge in [0.15, 0.2) is 18.9 Å². The van der Waals surface area contributed by atoms with Crippen molar-refractivity contribution in [2.24, 2.45) is 5.73 Å². The van der Waals surface area contributed by atoms with Crippen LogP contribution >= 0.6 is 0 Å². The molecule has 402 valence electrons. The molecule has 0 bridgehead atoms. The minimum absolute atomic E-state index is 0.235. The lowest BCUT2D eigenvalue weighted by atomic mass is 9.99. The fourth-order valence-corrected chi connectivity index (χ4v) is 9.61. The number of amides is 3. The van der Waals surface area contributed by atoms with Crippen LogP contribution in [0.4, 0.5) is 5.69 Å². The molecular weight excluding hydrogens is 975 g/mol. The number of sulfonamides is 1. The van der Waals surface area contributed by atoms with E-state index in [0.29, 0.717) is 15.4 Å². The minimum atomic E-state index is -4.78. The molecule has 0 radical (unpaired) electrons. The molecule has 0 aromatic heterocycles. The maximum Gasteiger partial charge on any atom is 0.244 e. The molecule has 14 N–H and O–H groups in total. The van der Waals surface area contributed by atoms with Gasteiger partial charge in [-0.2, -0.15) is 4.31 Å². The SMILES string of the molecule is CN(C)c1cccc2c(S(=O)(=O)N(CCO[C@H]3O[C@@H](CO)[C@@H](O)[C@H](O)[C@H]3O)CC(=O)N(CCO[C@H]3O[C@@H](CO)[C@@H](O)[C@H](O)[C@H]3O)CC(=O)N(CCO[C@H]3O[C@@H](CO)[C@@H](O)[C@H](O)[C@H]3O)CC(N)=O)cccc12. The largest absolute Gasteiger partial charge is 0.394 e. The van der Waals surface area contributed by atoms with Crippen LogP contribution in [0.3, 0.4) is 0 Å². The predicted molar refractivity (Wildman–Crippen MR) is 239 cm³/mol. The number of fused-ring (bicyclic) bond motifs is 1. The van der Waals surface area contributed by atoms with Crippen molar-refractivity contribution < 1.29 is 113 Å². The minimum Gasteiger partial charge on any atom is -0.394 e. The van der Waals surface area contributed by atoms with Crippen LogP contribution in [0.25, 0.3) is 10.8 Å². The van der Waals surface area contributed by atoms with E-state index in [2.05, 4.69) is 0 Å². The van der Waals surface area contributed by atoms with Gasteiger partial charge in [0.05, 0.1) is 64.2 Å². The van der Waals surface area contributed by atoms with E-state index in [0.717, 1.165) is 9.80 Å². The molecule has 0 saturated carbocycles. The molecule has 2 aromatic carbocycles. The quantitative estimate of drug-likeness (QED) is 0.0464. The Morgan fingerprint density at radius 2 is 0.944 bits per heavy atom. The first-order valence-corrected chi connectivity index (χ1v) is 23.8. The number of benzene rings is 2. The Kier molecular flexibility index (Phi) is 21.1. The lowest BCUT2D eigenvalue weighted by Crippen LogP contribution is -2.59. The molecule has 0 spiro atoms. The average Bonchev–Trinajstić information content (AvgIpc) is 3.34. The smallest absolute Gasteiger partial charge is 0.244 e. The standard InChI is InChI=1S/C42H65N5O23S/c1-44(2)23-7-3-6-22-21(23)5-4-8-27(22)71(63,64)47(11-14-67-42-39(62)36(59)33(56)26(20-50)70-42)17-30(53)46(10-13-66-41-38(61)35(58)32(55)25(19-49)69-41)16-29(52)45(15-28(43)51)9-12-65-40-37(60)34(57)31(54)24(18-48)68-40/h3-8,24-26,31-42,48-50,54-62H,9-20H2,1-2H3,(H2,43,51)/t24-,25-,26-,31+,32+,33+,34-,35-,36-,37+,38+,39+,40-,41-,42-/m0/s1. The van der Waals surface area contributed by atoms with Gasteiger partial charge in [-0.25, -0.2) is 8.42 Å². The molecule has 3 amide bonds. The number of carbonyl (C=O) groups is 3. The third-order valence-corrected chi connectivity index (χ3v) is 14.0. The van der Waals surface area contributed by atoms with E-state index < -0.39 is 199 Å². The molecular formula is C42H65N5O23S. The Labute approximate surface area is 407 Å². The number of carbonyl (C=O) groups excluding carboxylic acids is 3. The molecule has 3 aliphatic heterocycles. The second-order valence-electron chi connectivity index (χ2n) is 17.2. The van der Waals surface area contributed by atoms with E-state index >= 15 is 0 Å². The summed E-state index contributed by atoms with van der Waals surface area (Å²) in [5, 5.41) is 123. The molecule has 3 heterocycles. The number of primary amides is 1. The molecule has 29 heteroatoms. The number of hydrogen-bond donors (Lipinski definition) is 13. The van der Waals surface area contributed by atoms with E-state index in [1.807, 2.05) is 0 Å². The van der Waals surface area contributed by atoms with Gasteiger partial charge in [-0.15, -0.1) is 0 Å². The van der Waals surface area contributed by atoms with Gasteiger partial charge in [0.1, 0.15) is 73.2 Å². The second-order valence-corrected chi connectivity index (χ2v) is 19.1. The van der Waals surface area contributed by atoms with Crippen LogP contribution in [-0.4, -0.2) is 287 Å². The van der Waals surface area contributed by atoms with E-state index in [9.17, 15) is 84.1 Å². The van der Waals surface area contributed by atoms with Crippen LogP contribution in [0, 0.1) is 0 Å². The first kappa shape index (κ1) is 58.0. The summed E-state index contributed by atoms with van der Waals surface area (Å²) in [5.41, 5.74) is 6.08. The number of hydrogen-bond acceptors (Lipinski definition) is 24. The van der Waals surface area contributed by atoms with Gasteiger partial charge in [-0.3, -0.25) is 14.4 Å². The molecule has 3 saturated heterocycles. The second kappa shape index (κ2) is 25.9. The normalized spacial score (nSPS) is 31.4. The Bertz CT molecular complexity index is 2180. The fraction of sp³-hybridized carbons (Fsp3) is 0.690. The molecule has 0 aliphatic carbocycles. The van der Waals surface area contributed by atoms with Crippen LogP contribution in [0.2, 0.25) is 0 Å². The van der Waals surface area contributed by atoms with Gasteiger partial charge < -0.3 is 110 Å². The highest BCUT2D eigenvalue weighted by molar-refractivity contribution is 7.89. The van der Waals surface area contributed by atoms with Gasteiger partial charge in [-0.05, 0) is 12.1 Å². The zero-order valence-electron chi connectivity index (χ0n) is 38.7. The summed E-state index contributed by atoms with van der Waals surface area (Å²) in [7, 11) is -1.29. The van der Waals surface area contributed by atoms with Crippen molar-refractivity contribution in [2.75, 3.05) is 97.9 Å². The summed E-state index contributed by atoms with van der Waals surface area (Å²) < 4.78 is 63.2. The number of rotatable bonds is 24. The van der Waals surface area contributed by atoms with Crippen molar-refractivity contribution in [1.82, 2.24) is 14.1 Å². The molecule has 15 atom stereocenters. The van der Waals surface area contributed by atoms with Crippen molar-refractivity contribution in [3.63, 3.8) is 0 Å². The summed E-state index contributed by atoms with van der Waals surface area (Å²) >= 11 is 0. The molecule has 28 nitrogen and oxygen atoms in total. The van der Waals surface area contributed by atoms with Crippen molar-refractivity contribution in [3.8, 4) is 0 Å². The number of aliphatic hydroxyl groups is 12. The molecule has 5 rings (SSSR count). The van der Waals surface area contributed by atoms with Crippen LogP contribution < -0.4 is 10.6 Å². The highest BCUT2D eigenvalue weighted by atomic mass is 32.2. The Hall–Kier alpha value is -3.90. The van der Waals surface area contributed by atoms with Crippen LogP contribution in [-0.2, 0) is 52.8 Å². The first-order valence-electron chi connectivity index (χ1n) is 22.4. The average molecular weight is 1040 g/mol. The number of nitrogens with two attached hydrogens (primary N) is 1. The van der Waals surface area contributed by atoms with Gasteiger partial charge in [0, 0.05) is 50.2 Å². The summed E-state index contributed by atoms with van der Waals surface area (Å²) in [6.45, 7) is -8.76. The lowest BCUT2D eigenvalue weighted by Gasteiger charge is -2.40. The van der Waals surface area contributed by atoms with Crippen molar-refractivity contribution >= 4 is 44.2 Å². The topological polar surface area (TPSA) is 422 Å². The summed E-state index contributed by atoms with van der Waals surface area (Å²) in [6.07, 6.45) is -25.5. The third kappa shape index (κ3) is 13.8. The highest BCUT2D eigenvalue weighted by Gasteiger charge is 2.47. The number of nitrogens with zero attached hydrogens (tertiary/aromatic N) is 4. The van der Waals surface area contributed by atoms with Gasteiger partial charge in [0.25, 0.3) is 0 Å². The summed E-state index contributed by atoms with van der Waals surface area (Å²) in [4.78, 5) is 44.0. The monoisotopic (exact) mass is 1040 g/mol. The third-order valence-electron chi connectivity index (χ3n) is 12.1. The highest BCUT2D eigenvalue weighted by Crippen LogP contribution is 2.32. The van der Waals surface area contributed by atoms with Crippen molar-refractivity contribution in [1.29, 1.82) is 0 Å². The lowest BCUT2D eigenvalue weighted by molar-refractivity contribution is -0.301. The molecule has 2 aromatic rings. The van der Waals surface area contributed by atoms with Crippen LogP contribution in [0.5, 0.6) is 0 Å². The van der Waals surface area contributed by atoms with E-state index in [1.165, 1.54) is 18.2 Å². The van der Waals surface area contributed by atoms with Gasteiger partial charge in [0.2, 0.25) is 27.7 Å². The number of aliphatic hydroxyl groups excluding tert-OH is 12. The van der Waals surface area contributed by atoms with Gasteiger partial charge in [-0.1, -0.05) is 24.3 Å². The summed E-state index contributed by atoms with van der Waals surface area (Å²) in [6, 6.07) is 9.34. The molecule has 71 heavy (non-hydrogen) atoms. The number of anilines is 1. The van der Waals surface area contributed by atoms with E-state index in [1.54, 1.807) is 37.2 Å². The number of ether oxygens (including phenoxy) is 6. The van der Waals surface area contributed by atoms with E-state index in [4.69, 9.17) is 34.2 Å².